The Labute approximate surface area is 214 Å². The molecular formula is H27P27-2. The van der Waals surface area contributed by atoms with E-state index < -0.39 is 0 Å². The molecule has 17 atom stereocenters. The summed E-state index contributed by atoms with van der Waals surface area (Å²) in [5, 5.41) is 0. The van der Waals surface area contributed by atoms with Crippen LogP contribution in [0.3, 0.4) is 0 Å². The van der Waals surface area contributed by atoms with E-state index in [1.54, 1.807) is 0 Å². The molecule has 0 aliphatic carbocycles. The molecule has 0 radical (unpaired) electrons. The highest BCUT2D eigenvalue weighted by molar-refractivity contribution is 9.42. The Hall–Kier alpha value is 11.6. The second-order valence-corrected chi connectivity index (χ2v) is 109. The summed E-state index contributed by atoms with van der Waals surface area (Å²) in [6.45, 7) is -0.152. The average molecular weight is 864 g/mol. The van der Waals surface area contributed by atoms with Gasteiger partial charge in [-0.25, -0.2) is 6.99 Å². The second-order valence-electron chi connectivity index (χ2n) is 4.04. The molecule has 0 rings (SSSR count). The lowest BCUT2D eigenvalue weighted by atomic mass is 28.5. The van der Waals surface area contributed by atoms with E-state index in [4.69, 9.17) is 0 Å². The molecule has 27 heteroatoms. The molecule has 0 aromatic rings. The van der Waals surface area contributed by atoms with Crippen LogP contribution in [-0.4, -0.2) is 0 Å². The van der Waals surface area contributed by atoms with Crippen molar-refractivity contribution in [3.63, 3.8) is 0 Å². The fourth-order valence-corrected chi connectivity index (χ4v) is 340. The Bertz CT molecular complexity index is 329. The molecule has 0 N–H and O–H groups in total. The van der Waals surface area contributed by atoms with Gasteiger partial charge in [-0.3, -0.25) is 7.96 Å². The Balaban J connectivity index is 6.66. The second kappa shape index (κ2) is 21.3. The lowest BCUT2D eigenvalue weighted by molar-refractivity contribution is 4.44. The van der Waals surface area contributed by atoms with E-state index in [9.17, 15) is 0 Å². The summed E-state index contributed by atoms with van der Waals surface area (Å²) in [4.78, 5) is 0. The van der Waals surface area contributed by atoms with Gasteiger partial charge in [0.15, 0.2) is 0 Å². The summed E-state index contributed by atoms with van der Waals surface area (Å²) >= 11 is 0. The summed E-state index contributed by atoms with van der Waals surface area (Å²) in [5.41, 5.74) is 0. The zero-order valence-electron chi connectivity index (χ0n) is 13.8. The third-order valence-electron chi connectivity index (χ3n) is 2.17. The lowest BCUT2D eigenvalue weighted by Gasteiger charge is -2.52. The van der Waals surface area contributed by atoms with Crippen LogP contribution in [0.4, 0.5) is 0 Å². The number of hydrogen-bond donors (Lipinski definition) is 0. The van der Waals surface area contributed by atoms with Crippen molar-refractivity contribution in [2.24, 2.45) is 0 Å². The SMILES string of the molecule is [PH-]PP(P)P(P(P([PH-])P)P(P)P)P(P(P(P)P)P(P)P)P(P(P)P)P(P)P. The van der Waals surface area contributed by atoms with Crippen LogP contribution in [0.1, 0.15) is 0 Å². The summed E-state index contributed by atoms with van der Waals surface area (Å²) in [6.07, 6.45) is 0. The molecule has 0 aliphatic rings. The predicted octanol–water partition coefficient (Wildman–Crippen LogP) is 16.0. The van der Waals surface area contributed by atoms with Crippen molar-refractivity contribution in [1.29, 1.82) is 0 Å². The molecule has 0 fully saturated rings. The smallest absolute Gasteiger partial charge is 0.000592 e. The van der Waals surface area contributed by atoms with Crippen molar-refractivity contribution in [3.05, 3.63) is 0 Å². The van der Waals surface area contributed by atoms with E-state index in [0.717, 1.165) is 7.96 Å². The molecule has 0 saturated heterocycles. The molecule has 0 spiro atoms. The van der Waals surface area contributed by atoms with Gasteiger partial charge >= 0.3 is 0 Å². The molecule has 17 unspecified atom stereocenters. The first-order valence-corrected chi connectivity index (χ1v) is 54.0. The molecule has 27 heavy (non-hydrogen) atoms. The van der Waals surface area contributed by atoms with Crippen LogP contribution < -0.4 is 0 Å². The molecule has 0 amide bonds. The Kier molecular flexibility index (Phi) is 30.5. The predicted molar refractivity (Wildman–Crippen MR) is 225 cm³/mol. The van der Waals surface area contributed by atoms with E-state index >= 15 is 0 Å². The topological polar surface area (TPSA) is 0 Å². The van der Waals surface area contributed by atoms with Crippen molar-refractivity contribution >= 4 is 217 Å². The molecule has 0 aliphatic heterocycles. The van der Waals surface area contributed by atoms with Gasteiger partial charge in [-0.1, -0.05) is 6.99 Å². The van der Waals surface area contributed by atoms with Gasteiger partial charge in [0, 0.05) is 0 Å². The highest BCUT2D eigenvalue weighted by atomic mass is 33.5. The third kappa shape index (κ3) is 14.4. The van der Waals surface area contributed by atoms with Gasteiger partial charge in [0.05, 0.1) is 0 Å². The van der Waals surface area contributed by atoms with Gasteiger partial charge in [0.25, 0.3) is 0 Å². The lowest BCUT2D eigenvalue weighted by Crippen LogP contribution is -1.62. The van der Waals surface area contributed by atoms with E-state index in [-0.39, 0.29) is 83.8 Å². The molecule has 0 saturated carbocycles. The quantitative estimate of drug-likeness (QED) is 0.172. The summed E-state index contributed by atoms with van der Waals surface area (Å²) in [5.74, 6) is 0. The van der Waals surface area contributed by atoms with Crippen LogP contribution in [0.5, 0.6) is 0 Å². The van der Waals surface area contributed by atoms with Gasteiger partial charge in [-0.05, 0) is 69.9 Å². The molecule has 0 heterocycles. The van der Waals surface area contributed by atoms with Crippen molar-refractivity contribution in [2.75, 3.05) is 0 Å². The van der Waals surface area contributed by atoms with Crippen molar-refractivity contribution in [1.82, 2.24) is 0 Å². The Morgan fingerprint density at radius 2 is 0.741 bits per heavy atom. The highest BCUT2D eigenvalue weighted by Gasteiger charge is 2.46. The Morgan fingerprint density at radius 3 is 0.926 bits per heavy atom. The number of rotatable bonds is 12. The van der Waals surface area contributed by atoms with Gasteiger partial charge in [0.1, 0.15) is 0 Å². The summed E-state index contributed by atoms with van der Waals surface area (Å²) < 4.78 is 0. The minimum absolute atomic E-state index is 0.00784. The van der Waals surface area contributed by atoms with Gasteiger partial charge in [0.2, 0.25) is 0 Å². The van der Waals surface area contributed by atoms with Crippen molar-refractivity contribution in [2.45, 2.75) is 0 Å². The largest absolute Gasteiger partial charge is 0.524 e. The highest BCUT2D eigenvalue weighted by Crippen LogP contribution is 3.36. The number of hydrogen-bond acceptors (Lipinski definition) is 0. The van der Waals surface area contributed by atoms with Crippen LogP contribution in [0.2, 0.25) is 0 Å². The Morgan fingerprint density at radius 1 is 0.444 bits per heavy atom. The first kappa shape index (κ1) is 38.6. The zero-order valence-corrected chi connectivity index (χ0v) is 41.4. The maximum atomic E-state index is 4.17. The van der Waals surface area contributed by atoms with Crippen molar-refractivity contribution in [3.8, 4) is 0 Å². The maximum Gasteiger partial charge on any atom is -0.000592 e. The van der Waals surface area contributed by atoms with Crippen LogP contribution in [0.15, 0.2) is 0 Å². The fraction of sp³-hybridized carbons (Fsp3) is 0. The first-order chi connectivity index (χ1) is 12.3. The van der Waals surface area contributed by atoms with Crippen LogP contribution in [0, 0.1) is 0 Å². The van der Waals surface area contributed by atoms with Crippen LogP contribution >= 0.6 is 217 Å². The minimum atomic E-state index is -0.140. The van der Waals surface area contributed by atoms with Gasteiger partial charge in [-0.2, -0.15) is 0 Å². The zero-order chi connectivity index (χ0) is 21.6. The molecule has 164 valence electrons. The summed E-state index contributed by atoms with van der Waals surface area (Å²) in [7, 11) is 48.0. The first-order valence-electron chi connectivity index (χ1n) is 6.00. The summed E-state index contributed by atoms with van der Waals surface area (Å²) in [6, 6.07) is 0. The molecular weight excluding hydrogens is 836 g/mol. The van der Waals surface area contributed by atoms with Crippen molar-refractivity contribution < 1.29 is 0 Å². The van der Waals surface area contributed by atoms with Crippen LogP contribution in [0.25, 0.3) is 0 Å². The monoisotopic (exact) mass is 864 g/mol. The van der Waals surface area contributed by atoms with Gasteiger partial charge < -0.3 is 17.9 Å². The average Bonchev–Trinajstić information content (AvgIpc) is 2.48. The minimum Gasteiger partial charge on any atom is -0.524 e. The third-order valence-corrected chi connectivity index (χ3v) is 176. The van der Waals surface area contributed by atoms with E-state index in [2.05, 4.69) is 125 Å². The van der Waals surface area contributed by atoms with E-state index in [0.29, 0.717) is 0 Å². The molecule has 0 nitrogen and oxygen atoms in total. The molecule has 0 bridgehead atoms. The molecule has 0 aromatic carbocycles. The van der Waals surface area contributed by atoms with Gasteiger partial charge in [-0.15, -0.1) is 107 Å². The maximum absolute atomic E-state index is 4.17. The molecule has 0 aromatic heterocycles. The van der Waals surface area contributed by atoms with E-state index in [1.165, 1.54) is 0 Å². The fourth-order valence-electron chi connectivity index (χ4n) is 1.40. The van der Waals surface area contributed by atoms with Crippen LogP contribution in [-0.2, 0) is 0 Å². The van der Waals surface area contributed by atoms with E-state index in [1.807, 2.05) is 0 Å². The standard InChI is InChI=1S/H27P27/c1-15-22(14)26(23(16(2)3)17(4)5)27(24(18(6)7)19(8)9)25(20(10)11)21(12)13/h1-2,15H,3-14H2/q-2. The normalized spacial score (nSPS) is 18.4.